The van der Waals surface area contributed by atoms with E-state index in [1.54, 1.807) is 18.2 Å². The third kappa shape index (κ3) is 6.12. The number of hydrogen-bond donors (Lipinski definition) is 2. The molecule has 9 heteroatoms. The lowest BCUT2D eigenvalue weighted by atomic mass is 10.2. The van der Waals surface area contributed by atoms with Gasteiger partial charge in [0.2, 0.25) is 11.0 Å². The topological polar surface area (TPSA) is 70.2 Å². The monoisotopic (exact) mass is 493 g/mol. The van der Waals surface area contributed by atoms with Crippen LogP contribution in [0.15, 0.2) is 83.2 Å². The van der Waals surface area contributed by atoms with E-state index in [0.717, 1.165) is 17.1 Å². The molecule has 1 heterocycles. The van der Waals surface area contributed by atoms with Gasteiger partial charge in [0.05, 0.1) is 11.4 Å². The predicted molar refractivity (Wildman–Crippen MR) is 139 cm³/mol. The smallest absolute Gasteiger partial charge is 0.234 e. The van der Waals surface area contributed by atoms with E-state index in [4.69, 9.17) is 0 Å². The standard InChI is InChI=1S/C25H24FN5OS2/c1-17(2)31(19-8-4-3-5-9-19)20-14-12-18(13-15-20)27-23(32)16-33-25-30-29-24(34-25)28-22-11-7-6-10-21(22)26/h3-15,17H,16H2,1-2H3,(H,27,32)(H,28,29). The van der Waals surface area contributed by atoms with Crippen LogP contribution >= 0.6 is 23.1 Å². The van der Waals surface area contributed by atoms with Crippen molar-refractivity contribution in [1.82, 2.24) is 10.2 Å². The van der Waals surface area contributed by atoms with Gasteiger partial charge in [-0.05, 0) is 62.4 Å². The molecule has 0 aliphatic rings. The summed E-state index contributed by atoms with van der Waals surface area (Å²) < 4.78 is 14.4. The average Bonchev–Trinajstić information content (AvgIpc) is 3.28. The zero-order valence-electron chi connectivity index (χ0n) is 18.7. The number of hydrogen-bond acceptors (Lipinski definition) is 7. The lowest BCUT2D eigenvalue weighted by molar-refractivity contribution is -0.113. The van der Waals surface area contributed by atoms with Gasteiger partial charge in [-0.3, -0.25) is 4.79 Å². The summed E-state index contributed by atoms with van der Waals surface area (Å²) in [5.74, 6) is -0.309. The van der Waals surface area contributed by atoms with Crippen LogP contribution in [0.25, 0.3) is 0 Å². The number of carbonyl (C=O) groups excluding carboxylic acids is 1. The highest BCUT2D eigenvalue weighted by atomic mass is 32.2. The maximum Gasteiger partial charge on any atom is 0.234 e. The van der Waals surface area contributed by atoms with Crippen LogP contribution in [0.5, 0.6) is 0 Å². The predicted octanol–water partition coefficient (Wildman–Crippen LogP) is 6.70. The van der Waals surface area contributed by atoms with Gasteiger partial charge in [0.25, 0.3) is 0 Å². The number of rotatable bonds is 9. The minimum Gasteiger partial charge on any atom is -0.339 e. The van der Waals surface area contributed by atoms with Crippen LogP contribution in [0, 0.1) is 5.82 Å². The van der Waals surface area contributed by atoms with Crippen LogP contribution in [0.4, 0.5) is 32.3 Å². The molecule has 0 fully saturated rings. The van der Waals surface area contributed by atoms with Gasteiger partial charge in [-0.15, -0.1) is 10.2 Å². The van der Waals surface area contributed by atoms with Gasteiger partial charge in [0.1, 0.15) is 5.82 Å². The van der Waals surface area contributed by atoms with E-state index < -0.39 is 0 Å². The Hall–Kier alpha value is -3.43. The largest absolute Gasteiger partial charge is 0.339 e. The summed E-state index contributed by atoms with van der Waals surface area (Å²) in [6.45, 7) is 4.29. The molecule has 4 rings (SSSR count). The normalized spacial score (nSPS) is 10.8. The Morgan fingerprint density at radius 2 is 1.65 bits per heavy atom. The Balaban J connectivity index is 1.31. The summed E-state index contributed by atoms with van der Waals surface area (Å²) >= 11 is 2.55. The van der Waals surface area contributed by atoms with E-state index in [0.29, 0.717) is 15.2 Å². The molecule has 0 radical (unpaired) electrons. The molecular weight excluding hydrogens is 469 g/mol. The first kappa shape index (κ1) is 23.7. The second-order valence-electron chi connectivity index (χ2n) is 7.66. The summed E-state index contributed by atoms with van der Waals surface area (Å²) in [6, 6.07) is 24.7. The van der Waals surface area contributed by atoms with Crippen molar-refractivity contribution in [2.24, 2.45) is 0 Å². The van der Waals surface area contributed by atoms with Crippen molar-refractivity contribution in [2.45, 2.75) is 24.2 Å². The first-order chi connectivity index (χ1) is 16.5. The molecule has 0 saturated carbocycles. The quantitative estimate of drug-likeness (QED) is 0.253. The number of amides is 1. The number of carbonyl (C=O) groups is 1. The second-order valence-corrected chi connectivity index (χ2v) is 9.86. The zero-order valence-corrected chi connectivity index (χ0v) is 20.4. The molecule has 0 bridgehead atoms. The van der Waals surface area contributed by atoms with Crippen LogP contribution in [-0.4, -0.2) is 27.9 Å². The minimum atomic E-state index is -0.363. The molecule has 0 saturated heterocycles. The van der Waals surface area contributed by atoms with Crippen molar-refractivity contribution in [3.05, 3.63) is 84.7 Å². The molecular formula is C25H24FN5OS2. The Bertz CT molecular complexity index is 1230. The number of thioether (sulfide) groups is 1. The molecule has 4 aromatic rings. The summed E-state index contributed by atoms with van der Waals surface area (Å²) in [5, 5.41) is 14.4. The SMILES string of the molecule is CC(C)N(c1ccccc1)c1ccc(NC(=O)CSc2nnc(Nc3ccccc3F)s2)cc1. The second kappa shape index (κ2) is 11.1. The molecule has 174 valence electrons. The lowest BCUT2D eigenvalue weighted by Gasteiger charge is -2.29. The molecule has 34 heavy (non-hydrogen) atoms. The maximum absolute atomic E-state index is 13.8. The fraction of sp³-hybridized carbons (Fsp3) is 0.160. The highest BCUT2D eigenvalue weighted by Gasteiger charge is 2.14. The summed E-state index contributed by atoms with van der Waals surface area (Å²) in [7, 11) is 0. The molecule has 1 amide bonds. The fourth-order valence-electron chi connectivity index (χ4n) is 3.36. The van der Waals surface area contributed by atoms with Crippen LogP contribution in [0.2, 0.25) is 0 Å². The Morgan fingerprint density at radius 1 is 0.971 bits per heavy atom. The third-order valence-electron chi connectivity index (χ3n) is 4.83. The van der Waals surface area contributed by atoms with Crippen molar-refractivity contribution in [3.63, 3.8) is 0 Å². The number of anilines is 5. The Labute approximate surface area is 206 Å². The molecule has 0 spiro atoms. The van der Waals surface area contributed by atoms with Crippen LogP contribution in [-0.2, 0) is 4.79 Å². The summed E-state index contributed by atoms with van der Waals surface area (Å²) in [6.07, 6.45) is 0. The molecule has 0 aliphatic heterocycles. The number of nitrogens with zero attached hydrogens (tertiary/aromatic N) is 3. The number of para-hydroxylation sites is 2. The Morgan fingerprint density at radius 3 is 2.35 bits per heavy atom. The first-order valence-electron chi connectivity index (χ1n) is 10.7. The van der Waals surface area contributed by atoms with Crippen molar-refractivity contribution in [3.8, 4) is 0 Å². The molecule has 3 aromatic carbocycles. The van der Waals surface area contributed by atoms with Gasteiger partial charge in [-0.25, -0.2) is 4.39 Å². The van der Waals surface area contributed by atoms with E-state index in [2.05, 4.69) is 51.7 Å². The number of nitrogens with one attached hydrogen (secondary N) is 2. The van der Waals surface area contributed by atoms with Crippen LogP contribution in [0.3, 0.4) is 0 Å². The molecule has 0 atom stereocenters. The van der Waals surface area contributed by atoms with Gasteiger partial charge in [0.15, 0.2) is 4.34 Å². The van der Waals surface area contributed by atoms with E-state index in [1.165, 1.54) is 29.2 Å². The van der Waals surface area contributed by atoms with Gasteiger partial charge in [0, 0.05) is 23.1 Å². The highest BCUT2D eigenvalue weighted by Crippen LogP contribution is 2.30. The van der Waals surface area contributed by atoms with Crippen LogP contribution < -0.4 is 15.5 Å². The first-order valence-corrected chi connectivity index (χ1v) is 12.5. The number of benzene rings is 3. The highest BCUT2D eigenvalue weighted by molar-refractivity contribution is 8.01. The van der Waals surface area contributed by atoms with Crippen LogP contribution in [0.1, 0.15) is 13.8 Å². The van der Waals surface area contributed by atoms with Crippen molar-refractivity contribution in [1.29, 1.82) is 0 Å². The minimum absolute atomic E-state index is 0.139. The van der Waals surface area contributed by atoms with Gasteiger partial charge in [-0.1, -0.05) is 53.4 Å². The molecule has 0 aliphatic carbocycles. The fourth-order valence-corrected chi connectivity index (χ4v) is 4.92. The lowest BCUT2D eigenvalue weighted by Crippen LogP contribution is -2.25. The molecule has 1 aromatic heterocycles. The summed E-state index contributed by atoms with van der Waals surface area (Å²) in [4.78, 5) is 14.7. The van der Waals surface area contributed by atoms with Crippen molar-refractivity contribution in [2.75, 3.05) is 21.3 Å². The van der Waals surface area contributed by atoms with Crippen molar-refractivity contribution >= 4 is 56.9 Å². The number of aromatic nitrogens is 2. The summed E-state index contributed by atoms with van der Waals surface area (Å²) in [5.41, 5.74) is 3.23. The van der Waals surface area contributed by atoms with Gasteiger partial charge in [-0.2, -0.15) is 0 Å². The number of halogens is 1. The molecule has 2 N–H and O–H groups in total. The van der Waals surface area contributed by atoms with E-state index >= 15 is 0 Å². The zero-order chi connectivity index (χ0) is 23.9. The maximum atomic E-state index is 13.8. The molecule has 0 unspecified atom stereocenters. The average molecular weight is 494 g/mol. The molecule has 6 nitrogen and oxygen atoms in total. The Kier molecular flexibility index (Phi) is 7.76. The van der Waals surface area contributed by atoms with E-state index in [1.807, 2.05) is 42.5 Å². The van der Waals surface area contributed by atoms with Crippen molar-refractivity contribution < 1.29 is 9.18 Å². The van der Waals surface area contributed by atoms with Gasteiger partial charge < -0.3 is 15.5 Å². The van der Waals surface area contributed by atoms with E-state index in [9.17, 15) is 9.18 Å². The van der Waals surface area contributed by atoms with Gasteiger partial charge >= 0.3 is 0 Å². The van der Waals surface area contributed by atoms with E-state index in [-0.39, 0.29) is 23.5 Å². The third-order valence-corrected chi connectivity index (χ3v) is 6.80.